The molecule has 0 saturated carbocycles. The average Bonchev–Trinajstić information content (AvgIpc) is 2.31. The summed E-state index contributed by atoms with van der Waals surface area (Å²) >= 11 is 0. The number of likely N-dealkylation sites (N-methyl/N-ethyl adjacent to an activating group) is 1. The van der Waals surface area contributed by atoms with Crippen molar-refractivity contribution in [1.82, 2.24) is 10.2 Å². The second-order valence-electron chi connectivity index (χ2n) is 4.15. The summed E-state index contributed by atoms with van der Waals surface area (Å²) in [6.07, 6.45) is 0.487. The first-order valence-corrected chi connectivity index (χ1v) is 6.26. The van der Waals surface area contributed by atoms with Gasteiger partial charge >= 0.3 is 0 Å². The second kappa shape index (κ2) is 7.07. The lowest BCUT2D eigenvalue weighted by Crippen LogP contribution is -2.57. The number of carbonyl (C=O) groups excluding carboxylic acids is 1. The van der Waals surface area contributed by atoms with E-state index in [2.05, 4.69) is 17.3 Å². The lowest BCUT2D eigenvalue weighted by atomic mass is 10.1. The summed E-state index contributed by atoms with van der Waals surface area (Å²) in [5.74, 6) is 0.124. The van der Waals surface area contributed by atoms with E-state index in [1.807, 2.05) is 44.2 Å². The first-order valence-electron chi connectivity index (χ1n) is 6.26. The normalized spacial score (nSPS) is 15.5. The van der Waals surface area contributed by atoms with E-state index in [-0.39, 0.29) is 5.91 Å². The van der Waals surface area contributed by atoms with Crippen molar-refractivity contribution in [2.24, 2.45) is 0 Å². The summed E-state index contributed by atoms with van der Waals surface area (Å²) in [7, 11) is 2.06. The third-order valence-electron chi connectivity index (χ3n) is 2.64. The summed E-state index contributed by atoms with van der Waals surface area (Å²) in [6, 6.07) is 10.2. The first-order chi connectivity index (χ1) is 8.24. The van der Waals surface area contributed by atoms with Gasteiger partial charge in [-0.05, 0) is 12.6 Å². The van der Waals surface area contributed by atoms with E-state index < -0.39 is 0 Å². The lowest BCUT2D eigenvalue weighted by molar-refractivity contribution is -0.122. The van der Waals surface area contributed by atoms with Crippen LogP contribution in [0.2, 0.25) is 0 Å². The van der Waals surface area contributed by atoms with Crippen molar-refractivity contribution in [1.29, 1.82) is 0 Å². The molecular formula is C14H22N2O. The van der Waals surface area contributed by atoms with Gasteiger partial charge in [-0.2, -0.15) is 0 Å². The summed E-state index contributed by atoms with van der Waals surface area (Å²) in [6.45, 7) is 5.95. The van der Waals surface area contributed by atoms with Crippen LogP contribution in [0.4, 0.5) is 0 Å². The summed E-state index contributed by atoms with van der Waals surface area (Å²) < 4.78 is 0. The molecule has 94 valence electrons. The van der Waals surface area contributed by atoms with Gasteiger partial charge in [0.15, 0.2) is 0 Å². The molecule has 1 aliphatic rings. The number of nitrogens with zero attached hydrogens (tertiary/aromatic N) is 1. The predicted octanol–water partition coefficient (Wildman–Crippen LogP) is 1.69. The maximum atomic E-state index is 11.6. The molecule has 0 atom stereocenters. The lowest BCUT2D eigenvalue weighted by Gasteiger charge is -2.36. The number of amides is 1. The largest absolute Gasteiger partial charge is 0.351 e. The van der Waals surface area contributed by atoms with Gasteiger partial charge in [-0.3, -0.25) is 4.79 Å². The van der Waals surface area contributed by atoms with Gasteiger partial charge in [0.05, 0.1) is 12.5 Å². The van der Waals surface area contributed by atoms with Crippen LogP contribution in [0.1, 0.15) is 19.4 Å². The zero-order valence-electron chi connectivity index (χ0n) is 10.9. The molecule has 0 bridgehead atoms. The van der Waals surface area contributed by atoms with Crippen LogP contribution in [0.25, 0.3) is 0 Å². The second-order valence-corrected chi connectivity index (χ2v) is 4.15. The van der Waals surface area contributed by atoms with E-state index in [9.17, 15) is 4.79 Å². The minimum absolute atomic E-state index is 0.124. The van der Waals surface area contributed by atoms with Crippen LogP contribution in [-0.4, -0.2) is 37.0 Å². The molecule has 3 nitrogen and oxygen atoms in total. The quantitative estimate of drug-likeness (QED) is 0.863. The maximum Gasteiger partial charge on any atom is 0.224 e. The number of rotatable bonds is 3. The minimum atomic E-state index is 0.124. The Balaban J connectivity index is 0.000000686. The van der Waals surface area contributed by atoms with Crippen LogP contribution in [0.3, 0.4) is 0 Å². The highest BCUT2D eigenvalue weighted by Gasteiger charge is 2.24. The standard InChI is InChI=1S/C12H16N2O.C2H6/c1-14-8-11(9-14)13-12(15)7-10-5-3-2-4-6-10;1-2/h2-6,11H,7-9H2,1H3,(H,13,15);1-2H3. The molecule has 0 aliphatic carbocycles. The Hall–Kier alpha value is -1.35. The van der Waals surface area contributed by atoms with Gasteiger partial charge in [-0.15, -0.1) is 0 Å². The van der Waals surface area contributed by atoms with Crippen molar-refractivity contribution in [2.45, 2.75) is 26.3 Å². The van der Waals surface area contributed by atoms with Crippen LogP contribution in [-0.2, 0) is 11.2 Å². The van der Waals surface area contributed by atoms with Gasteiger partial charge < -0.3 is 10.2 Å². The highest BCUT2D eigenvalue weighted by Crippen LogP contribution is 2.05. The molecule has 1 heterocycles. The molecule has 1 saturated heterocycles. The SMILES string of the molecule is CC.CN1CC(NC(=O)Cc2ccccc2)C1. The van der Waals surface area contributed by atoms with Gasteiger partial charge in [0.1, 0.15) is 0 Å². The molecule has 0 aromatic heterocycles. The molecule has 1 aliphatic heterocycles. The fraction of sp³-hybridized carbons (Fsp3) is 0.500. The zero-order valence-corrected chi connectivity index (χ0v) is 10.9. The molecule has 17 heavy (non-hydrogen) atoms. The molecule has 1 amide bonds. The van der Waals surface area contributed by atoms with E-state index in [0.29, 0.717) is 12.5 Å². The predicted molar refractivity (Wildman–Crippen MR) is 70.9 cm³/mol. The fourth-order valence-corrected chi connectivity index (χ4v) is 1.85. The van der Waals surface area contributed by atoms with Crippen LogP contribution < -0.4 is 5.32 Å². The van der Waals surface area contributed by atoms with Crippen LogP contribution in [0, 0.1) is 0 Å². The highest BCUT2D eigenvalue weighted by molar-refractivity contribution is 5.79. The first kappa shape index (κ1) is 13.7. The molecule has 0 radical (unpaired) electrons. The zero-order chi connectivity index (χ0) is 12.7. The third-order valence-corrected chi connectivity index (χ3v) is 2.64. The monoisotopic (exact) mass is 234 g/mol. The van der Waals surface area contributed by atoms with Gasteiger partial charge in [-0.25, -0.2) is 0 Å². The van der Waals surface area contributed by atoms with Gasteiger partial charge in [-0.1, -0.05) is 44.2 Å². The molecule has 1 aromatic rings. The molecule has 1 fully saturated rings. The maximum absolute atomic E-state index is 11.6. The Bertz CT molecular complexity index is 331. The topological polar surface area (TPSA) is 32.3 Å². The minimum Gasteiger partial charge on any atom is -0.351 e. The summed E-state index contributed by atoms with van der Waals surface area (Å²) in [5, 5.41) is 3.01. The van der Waals surface area contributed by atoms with E-state index in [4.69, 9.17) is 0 Å². The van der Waals surface area contributed by atoms with Crippen molar-refractivity contribution in [3.8, 4) is 0 Å². The smallest absolute Gasteiger partial charge is 0.224 e. The molecule has 1 N–H and O–H groups in total. The molecule has 0 unspecified atom stereocenters. The number of nitrogens with one attached hydrogen (secondary N) is 1. The number of carbonyl (C=O) groups is 1. The highest BCUT2D eigenvalue weighted by atomic mass is 16.1. The summed E-state index contributed by atoms with van der Waals surface area (Å²) in [4.78, 5) is 13.8. The third kappa shape index (κ3) is 4.57. The van der Waals surface area contributed by atoms with E-state index in [1.54, 1.807) is 0 Å². The molecule has 1 aromatic carbocycles. The number of benzene rings is 1. The Morgan fingerprint density at radius 1 is 1.29 bits per heavy atom. The number of hydrogen-bond acceptors (Lipinski definition) is 2. The van der Waals surface area contributed by atoms with Gasteiger partial charge in [0, 0.05) is 13.1 Å². The van der Waals surface area contributed by atoms with Gasteiger partial charge in [0.2, 0.25) is 5.91 Å². The molecule has 0 spiro atoms. The Labute approximate surface area is 104 Å². The number of hydrogen-bond donors (Lipinski definition) is 1. The molecule has 2 rings (SSSR count). The van der Waals surface area contributed by atoms with Crippen molar-refractivity contribution in [2.75, 3.05) is 20.1 Å². The number of likely N-dealkylation sites (tertiary alicyclic amines) is 1. The Morgan fingerprint density at radius 3 is 2.41 bits per heavy atom. The summed E-state index contributed by atoms with van der Waals surface area (Å²) in [5.41, 5.74) is 1.07. The molecular weight excluding hydrogens is 212 g/mol. The van der Waals surface area contributed by atoms with Crippen LogP contribution >= 0.6 is 0 Å². The average molecular weight is 234 g/mol. The van der Waals surface area contributed by atoms with Gasteiger partial charge in [0.25, 0.3) is 0 Å². The Kier molecular flexibility index (Phi) is 5.70. The fourth-order valence-electron chi connectivity index (χ4n) is 1.85. The van der Waals surface area contributed by atoms with Crippen molar-refractivity contribution in [3.05, 3.63) is 35.9 Å². The van der Waals surface area contributed by atoms with Crippen LogP contribution in [0.5, 0.6) is 0 Å². The Morgan fingerprint density at radius 2 is 1.88 bits per heavy atom. The van der Waals surface area contributed by atoms with E-state index in [1.165, 1.54) is 0 Å². The van der Waals surface area contributed by atoms with Crippen molar-refractivity contribution in [3.63, 3.8) is 0 Å². The van der Waals surface area contributed by atoms with Crippen molar-refractivity contribution < 1.29 is 4.79 Å². The van der Waals surface area contributed by atoms with Crippen molar-refractivity contribution >= 4 is 5.91 Å². The van der Waals surface area contributed by atoms with E-state index in [0.717, 1.165) is 18.7 Å². The van der Waals surface area contributed by atoms with E-state index >= 15 is 0 Å². The van der Waals surface area contributed by atoms with Crippen LogP contribution in [0.15, 0.2) is 30.3 Å². The molecule has 3 heteroatoms.